The van der Waals surface area contributed by atoms with Crippen LogP contribution in [0.2, 0.25) is 5.02 Å². The summed E-state index contributed by atoms with van der Waals surface area (Å²) in [4.78, 5) is 12.4. The molecule has 110 valence electrons. The van der Waals surface area contributed by atoms with Gasteiger partial charge in [-0.25, -0.2) is 0 Å². The normalized spacial score (nSPS) is 30.9. The Morgan fingerprint density at radius 1 is 1.35 bits per heavy atom. The Labute approximate surface area is 130 Å². The smallest absolute Gasteiger partial charge is 0.229 e. The van der Waals surface area contributed by atoms with Crippen molar-refractivity contribution >= 4 is 35.6 Å². The number of hydrogen-bond donors (Lipinski definition) is 2. The van der Waals surface area contributed by atoms with Crippen LogP contribution in [0.4, 0.5) is 5.69 Å². The van der Waals surface area contributed by atoms with Gasteiger partial charge in [-0.05, 0) is 55.7 Å². The Morgan fingerprint density at radius 3 is 2.70 bits per heavy atom. The minimum absolute atomic E-state index is 0. The molecule has 3 nitrogen and oxygen atoms in total. The fourth-order valence-corrected chi connectivity index (χ4v) is 3.86. The molecule has 3 N–H and O–H groups in total. The van der Waals surface area contributed by atoms with Gasteiger partial charge in [-0.3, -0.25) is 4.79 Å². The second kappa shape index (κ2) is 5.92. The van der Waals surface area contributed by atoms with Crippen LogP contribution < -0.4 is 11.1 Å². The van der Waals surface area contributed by atoms with Crippen molar-refractivity contribution < 1.29 is 4.79 Å². The van der Waals surface area contributed by atoms with Crippen LogP contribution in [0.3, 0.4) is 0 Å². The second-order valence-electron chi connectivity index (χ2n) is 5.84. The molecule has 1 aromatic carbocycles. The van der Waals surface area contributed by atoms with E-state index in [1.54, 1.807) is 0 Å². The van der Waals surface area contributed by atoms with Crippen LogP contribution in [0.1, 0.15) is 24.8 Å². The fraction of sp³-hybridized carbons (Fsp3) is 0.533. The molecular formula is C15H20Cl2N2O. The monoisotopic (exact) mass is 314 g/mol. The number of fused-ring (bicyclic) bond motifs is 2. The molecule has 20 heavy (non-hydrogen) atoms. The second-order valence-corrected chi connectivity index (χ2v) is 6.25. The largest absolute Gasteiger partial charge is 0.327 e. The van der Waals surface area contributed by atoms with Crippen molar-refractivity contribution in [3.05, 3.63) is 28.8 Å². The first-order chi connectivity index (χ1) is 9.08. The minimum atomic E-state index is -0.0304. The van der Waals surface area contributed by atoms with E-state index in [9.17, 15) is 4.79 Å². The van der Waals surface area contributed by atoms with E-state index in [1.807, 2.05) is 25.1 Å². The van der Waals surface area contributed by atoms with Crippen LogP contribution in [0.15, 0.2) is 18.2 Å². The van der Waals surface area contributed by atoms with Gasteiger partial charge < -0.3 is 11.1 Å². The molecule has 1 aromatic rings. The highest BCUT2D eigenvalue weighted by molar-refractivity contribution is 6.31. The summed E-state index contributed by atoms with van der Waals surface area (Å²) in [5.41, 5.74) is 7.91. The zero-order valence-corrected chi connectivity index (χ0v) is 13.0. The van der Waals surface area contributed by atoms with Gasteiger partial charge in [0.1, 0.15) is 0 Å². The Morgan fingerprint density at radius 2 is 2.05 bits per heavy atom. The molecule has 4 unspecified atom stereocenters. The molecular weight excluding hydrogens is 295 g/mol. The highest BCUT2D eigenvalue weighted by Gasteiger charge is 2.49. The maximum atomic E-state index is 12.4. The van der Waals surface area contributed by atoms with Crippen LogP contribution >= 0.6 is 24.0 Å². The van der Waals surface area contributed by atoms with Gasteiger partial charge in [0.15, 0.2) is 0 Å². The summed E-state index contributed by atoms with van der Waals surface area (Å²) >= 11 is 6.07. The maximum absolute atomic E-state index is 12.4. The maximum Gasteiger partial charge on any atom is 0.229 e. The molecule has 2 aliphatic rings. The summed E-state index contributed by atoms with van der Waals surface area (Å²) < 4.78 is 0. The lowest BCUT2D eigenvalue weighted by Crippen LogP contribution is -2.42. The van der Waals surface area contributed by atoms with Crippen molar-refractivity contribution in [1.29, 1.82) is 0 Å². The van der Waals surface area contributed by atoms with Gasteiger partial charge in [-0.1, -0.05) is 17.7 Å². The topological polar surface area (TPSA) is 55.1 Å². The molecule has 5 heteroatoms. The third-order valence-corrected chi connectivity index (χ3v) is 5.22. The van der Waals surface area contributed by atoms with Crippen molar-refractivity contribution in [2.24, 2.45) is 23.5 Å². The molecule has 0 heterocycles. The number of nitrogens with two attached hydrogens (primary N) is 1. The number of nitrogens with one attached hydrogen (secondary N) is 1. The van der Waals surface area contributed by atoms with E-state index in [4.69, 9.17) is 17.3 Å². The number of carbonyl (C=O) groups is 1. The average molecular weight is 315 g/mol. The van der Waals surface area contributed by atoms with Crippen LogP contribution in [-0.2, 0) is 4.79 Å². The summed E-state index contributed by atoms with van der Waals surface area (Å²) in [6.07, 6.45) is 3.45. The molecule has 2 bridgehead atoms. The molecule has 0 aromatic heterocycles. The summed E-state index contributed by atoms with van der Waals surface area (Å²) in [5, 5.41) is 3.68. The SMILES string of the molecule is Cc1c(Cl)cccc1NC(=O)C1C2CCC(C2)C1N.Cl. The zero-order chi connectivity index (χ0) is 13.6. The summed E-state index contributed by atoms with van der Waals surface area (Å²) in [7, 11) is 0. The first-order valence-electron chi connectivity index (χ1n) is 6.89. The zero-order valence-electron chi connectivity index (χ0n) is 11.4. The van der Waals surface area contributed by atoms with E-state index in [-0.39, 0.29) is 30.3 Å². The molecule has 2 fully saturated rings. The van der Waals surface area contributed by atoms with Crippen molar-refractivity contribution in [3.8, 4) is 0 Å². The van der Waals surface area contributed by atoms with Crippen LogP contribution in [-0.4, -0.2) is 11.9 Å². The lowest BCUT2D eigenvalue weighted by Gasteiger charge is -2.27. The fourth-order valence-electron chi connectivity index (χ4n) is 3.68. The molecule has 3 rings (SSSR count). The number of hydrogen-bond acceptors (Lipinski definition) is 2. The van der Waals surface area contributed by atoms with Crippen LogP contribution in [0, 0.1) is 24.7 Å². The predicted octanol–water partition coefficient (Wildman–Crippen LogP) is 3.38. The van der Waals surface area contributed by atoms with Crippen molar-refractivity contribution in [3.63, 3.8) is 0 Å². The Kier molecular flexibility index (Phi) is 4.62. The third-order valence-electron chi connectivity index (χ3n) is 4.81. The van der Waals surface area contributed by atoms with E-state index < -0.39 is 0 Å². The summed E-state index contributed by atoms with van der Waals surface area (Å²) in [6, 6.07) is 5.59. The molecule has 2 aliphatic carbocycles. The van der Waals surface area contributed by atoms with Gasteiger partial charge in [0, 0.05) is 16.8 Å². The molecule has 0 saturated heterocycles. The Hall–Kier alpha value is -0.770. The third kappa shape index (κ3) is 2.54. The lowest BCUT2D eigenvalue weighted by molar-refractivity contribution is -0.121. The van der Waals surface area contributed by atoms with E-state index >= 15 is 0 Å². The number of rotatable bonds is 2. The quantitative estimate of drug-likeness (QED) is 0.879. The van der Waals surface area contributed by atoms with Crippen molar-refractivity contribution in [2.75, 3.05) is 5.32 Å². The number of amides is 1. The van der Waals surface area contributed by atoms with Crippen molar-refractivity contribution in [2.45, 2.75) is 32.2 Å². The molecule has 1 amide bonds. The summed E-state index contributed by atoms with van der Waals surface area (Å²) in [5.74, 6) is 1.04. The number of carbonyl (C=O) groups excluding carboxylic acids is 1. The highest BCUT2D eigenvalue weighted by atomic mass is 35.5. The molecule has 4 atom stereocenters. The van der Waals surface area contributed by atoms with Crippen LogP contribution in [0.5, 0.6) is 0 Å². The first-order valence-corrected chi connectivity index (χ1v) is 7.27. The lowest BCUT2D eigenvalue weighted by atomic mass is 9.84. The van der Waals surface area contributed by atoms with Crippen LogP contribution in [0.25, 0.3) is 0 Å². The van der Waals surface area contributed by atoms with Gasteiger partial charge in [0.2, 0.25) is 5.91 Å². The van der Waals surface area contributed by atoms with Gasteiger partial charge in [0.25, 0.3) is 0 Å². The number of anilines is 1. The van der Waals surface area contributed by atoms with E-state index in [2.05, 4.69) is 5.32 Å². The molecule has 0 radical (unpaired) electrons. The molecule has 0 aliphatic heterocycles. The van der Waals surface area contributed by atoms with Crippen molar-refractivity contribution in [1.82, 2.24) is 0 Å². The van der Waals surface area contributed by atoms with E-state index in [1.165, 1.54) is 6.42 Å². The summed E-state index contributed by atoms with van der Waals surface area (Å²) in [6.45, 7) is 1.92. The van der Waals surface area contributed by atoms with E-state index in [0.717, 1.165) is 24.1 Å². The molecule has 0 spiro atoms. The first kappa shape index (κ1) is 15.6. The van der Waals surface area contributed by atoms with Gasteiger partial charge >= 0.3 is 0 Å². The van der Waals surface area contributed by atoms with Gasteiger partial charge in [-0.2, -0.15) is 0 Å². The standard InChI is InChI=1S/C15H19ClN2O.ClH/c1-8-11(16)3-2-4-12(8)18-15(19)13-9-5-6-10(7-9)14(13)17;/h2-4,9-10,13-14H,5-7,17H2,1H3,(H,18,19);1H. The predicted molar refractivity (Wildman–Crippen MR) is 84.4 cm³/mol. The highest BCUT2D eigenvalue weighted by Crippen LogP contribution is 2.48. The minimum Gasteiger partial charge on any atom is -0.327 e. The van der Waals surface area contributed by atoms with Gasteiger partial charge in [-0.15, -0.1) is 12.4 Å². The number of halogens is 2. The van der Waals surface area contributed by atoms with E-state index in [0.29, 0.717) is 16.9 Å². The molecule has 2 saturated carbocycles. The Bertz CT molecular complexity index is 519. The van der Waals surface area contributed by atoms with Gasteiger partial charge in [0.05, 0.1) is 5.92 Å². The average Bonchev–Trinajstić information content (AvgIpc) is 2.95. The Balaban J connectivity index is 0.00000147. The number of benzene rings is 1.